The molecule has 0 amide bonds. The lowest BCUT2D eigenvalue weighted by Gasteiger charge is -2.12. The summed E-state index contributed by atoms with van der Waals surface area (Å²) >= 11 is 0. The number of methoxy groups -OCH3 is 1. The number of anilines is 1. The number of aryl methyl sites for hydroxylation is 1. The minimum atomic E-state index is 0.453. The van der Waals surface area contributed by atoms with Crippen LogP contribution in [0.25, 0.3) is 11.1 Å². The second kappa shape index (κ2) is 5.54. The van der Waals surface area contributed by atoms with Gasteiger partial charge in [-0.15, -0.1) is 0 Å². The van der Waals surface area contributed by atoms with Crippen LogP contribution in [0.15, 0.2) is 24.3 Å². The molecule has 20 heavy (non-hydrogen) atoms. The van der Waals surface area contributed by atoms with Gasteiger partial charge in [0.25, 0.3) is 0 Å². The Labute approximate surface area is 118 Å². The lowest BCUT2D eigenvalue weighted by atomic mass is 10.1. The lowest BCUT2D eigenvalue weighted by Crippen LogP contribution is -2.22. The number of ether oxygens (including phenoxy) is 1. The van der Waals surface area contributed by atoms with E-state index in [-0.39, 0.29) is 0 Å². The van der Waals surface area contributed by atoms with Crippen molar-refractivity contribution in [3.63, 3.8) is 0 Å². The summed E-state index contributed by atoms with van der Waals surface area (Å²) in [6.07, 6.45) is 1.13. The van der Waals surface area contributed by atoms with Crippen molar-refractivity contribution >= 4 is 5.82 Å². The highest BCUT2D eigenvalue weighted by molar-refractivity contribution is 5.78. The van der Waals surface area contributed by atoms with Crippen molar-refractivity contribution in [3.05, 3.63) is 30.0 Å². The summed E-state index contributed by atoms with van der Waals surface area (Å²) in [5.41, 5.74) is 3.36. The Balaban J connectivity index is 1.88. The molecule has 1 aromatic heterocycles. The molecule has 0 spiro atoms. The van der Waals surface area contributed by atoms with Gasteiger partial charge in [0.15, 0.2) is 5.82 Å². The first-order valence-corrected chi connectivity index (χ1v) is 6.94. The fourth-order valence-corrected chi connectivity index (χ4v) is 2.62. The van der Waals surface area contributed by atoms with E-state index in [9.17, 15) is 0 Å². The average molecular weight is 272 g/mol. The second-order valence-electron chi connectivity index (χ2n) is 5.13. The van der Waals surface area contributed by atoms with Crippen molar-refractivity contribution in [1.82, 2.24) is 15.5 Å². The molecule has 3 N–H and O–H groups in total. The van der Waals surface area contributed by atoms with Crippen molar-refractivity contribution in [1.29, 1.82) is 0 Å². The molecular formula is C15H20N4O. The number of nitrogens with one attached hydrogen (secondary N) is 3. The number of H-pyrrole nitrogens is 1. The van der Waals surface area contributed by atoms with Crippen LogP contribution in [0.3, 0.4) is 0 Å². The number of hydrogen-bond donors (Lipinski definition) is 3. The molecule has 2 heterocycles. The zero-order valence-corrected chi connectivity index (χ0v) is 11.9. The number of aromatic amines is 1. The molecule has 2 aromatic rings. The molecule has 0 aliphatic carbocycles. The normalized spacial score (nSPS) is 18.2. The van der Waals surface area contributed by atoms with Crippen molar-refractivity contribution < 1.29 is 4.74 Å². The number of benzene rings is 1. The van der Waals surface area contributed by atoms with Gasteiger partial charge in [-0.3, -0.25) is 5.10 Å². The highest BCUT2D eigenvalue weighted by Crippen LogP contribution is 2.31. The Hall–Kier alpha value is -2.01. The molecule has 1 aliphatic rings. The highest BCUT2D eigenvalue weighted by Gasteiger charge is 2.19. The fourth-order valence-electron chi connectivity index (χ4n) is 2.62. The third kappa shape index (κ3) is 2.49. The molecule has 106 valence electrons. The summed E-state index contributed by atoms with van der Waals surface area (Å²) in [6, 6.07) is 8.53. The van der Waals surface area contributed by atoms with Gasteiger partial charge in [0.2, 0.25) is 0 Å². The molecule has 0 bridgehead atoms. The Morgan fingerprint density at radius 3 is 2.75 bits per heavy atom. The first-order chi connectivity index (χ1) is 9.78. The molecule has 5 heteroatoms. The Kier molecular flexibility index (Phi) is 3.60. The summed E-state index contributed by atoms with van der Waals surface area (Å²) in [6.45, 7) is 4.11. The number of hydrogen-bond acceptors (Lipinski definition) is 4. The predicted molar refractivity (Wildman–Crippen MR) is 80.2 cm³/mol. The topological polar surface area (TPSA) is 62.0 Å². The van der Waals surface area contributed by atoms with E-state index < -0.39 is 0 Å². The van der Waals surface area contributed by atoms with Gasteiger partial charge in [-0.1, -0.05) is 12.1 Å². The minimum Gasteiger partial charge on any atom is -0.497 e. The highest BCUT2D eigenvalue weighted by atomic mass is 16.5. The van der Waals surface area contributed by atoms with Crippen molar-refractivity contribution in [3.8, 4) is 16.9 Å². The summed E-state index contributed by atoms with van der Waals surface area (Å²) in [5, 5.41) is 14.4. The molecule has 1 aliphatic heterocycles. The SMILES string of the molecule is COc1ccc(-c2c(NC3CCNC3)n[nH]c2C)cc1. The van der Waals surface area contributed by atoms with Crippen molar-refractivity contribution in [2.75, 3.05) is 25.5 Å². The molecule has 1 aromatic carbocycles. The maximum atomic E-state index is 5.21. The van der Waals surface area contributed by atoms with Crippen molar-refractivity contribution in [2.45, 2.75) is 19.4 Å². The molecule has 1 atom stereocenters. The summed E-state index contributed by atoms with van der Waals surface area (Å²) < 4.78 is 5.21. The zero-order chi connectivity index (χ0) is 13.9. The zero-order valence-electron chi connectivity index (χ0n) is 11.9. The van der Waals surface area contributed by atoms with Crippen LogP contribution in [0.5, 0.6) is 5.75 Å². The molecule has 5 nitrogen and oxygen atoms in total. The van der Waals surface area contributed by atoms with E-state index in [2.05, 4.69) is 33.0 Å². The van der Waals surface area contributed by atoms with E-state index in [4.69, 9.17) is 4.74 Å². The average Bonchev–Trinajstić information content (AvgIpc) is 3.10. The van der Waals surface area contributed by atoms with Crippen LogP contribution in [-0.2, 0) is 0 Å². The molecular weight excluding hydrogens is 252 g/mol. The summed E-state index contributed by atoms with van der Waals surface area (Å²) in [5.74, 6) is 1.80. The number of nitrogens with zero attached hydrogens (tertiary/aromatic N) is 1. The number of rotatable bonds is 4. The lowest BCUT2D eigenvalue weighted by molar-refractivity contribution is 0.415. The predicted octanol–water partition coefficient (Wildman–Crippen LogP) is 2.17. The van der Waals surface area contributed by atoms with Crippen molar-refractivity contribution in [2.24, 2.45) is 0 Å². The smallest absolute Gasteiger partial charge is 0.156 e. The van der Waals surface area contributed by atoms with Crippen LogP contribution in [0.2, 0.25) is 0 Å². The van der Waals surface area contributed by atoms with Gasteiger partial charge in [-0.2, -0.15) is 5.10 Å². The third-order valence-corrected chi connectivity index (χ3v) is 3.73. The van der Waals surface area contributed by atoms with Gasteiger partial charge < -0.3 is 15.4 Å². The van der Waals surface area contributed by atoms with Gasteiger partial charge in [0.1, 0.15) is 5.75 Å². The molecule has 3 rings (SSSR count). The van der Waals surface area contributed by atoms with Crippen LogP contribution < -0.4 is 15.4 Å². The fraction of sp³-hybridized carbons (Fsp3) is 0.400. The molecule has 0 saturated carbocycles. The van der Waals surface area contributed by atoms with Crippen LogP contribution in [0.1, 0.15) is 12.1 Å². The Morgan fingerprint density at radius 1 is 1.30 bits per heavy atom. The monoisotopic (exact) mass is 272 g/mol. The quantitative estimate of drug-likeness (QED) is 0.798. The van der Waals surface area contributed by atoms with Gasteiger partial charge in [-0.25, -0.2) is 0 Å². The van der Waals surface area contributed by atoms with Crippen LogP contribution in [0.4, 0.5) is 5.82 Å². The molecule has 1 saturated heterocycles. The maximum Gasteiger partial charge on any atom is 0.156 e. The number of aromatic nitrogens is 2. The Morgan fingerprint density at radius 2 is 2.10 bits per heavy atom. The standard InChI is InChI=1S/C15H20N4O/c1-10-14(11-3-5-13(20-2)6-4-11)15(19-18-10)17-12-7-8-16-9-12/h3-6,12,16H,7-9H2,1-2H3,(H2,17,18,19). The summed E-state index contributed by atoms with van der Waals surface area (Å²) in [4.78, 5) is 0. The molecule has 1 unspecified atom stereocenters. The molecule has 0 radical (unpaired) electrons. The third-order valence-electron chi connectivity index (χ3n) is 3.73. The van der Waals surface area contributed by atoms with Crippen LogP contribution in [0, 0.1) is 6.92 Å². The van der Waals surface area contributed by atoms with E-state index in [0.29, 0.717) is 6.04 Å². The first-order valence-electron chi connectivity index (χ1n) is 6.94. The van der Waals surface area contributed by atoms with E-state index in [1.54, 1.807) is 7.11 Å². The summed E-state index contributed by atoms with van der Waals surface area (Å²) in [7, 11) is 1.68. The largest absolute Gasteiger partial charge is 0.497 e. The van der Waals surface area contributed by atoms with Crippen LogP contribution >= 0.6 is 0 Å². The maximum absolute atomic E-state index is 5.21. The van der Waals surface area contributed by atoms with E-state index in [0.717, 1.165) is 47.9 Å². The molecule has 1 fully saturated rings. The van der Waals surface area contributed by atoms with Gasteiger partial charge in [0.05, 0.1) is 7.11 Å². The van der Waals surface area contributed by atoms with E-state index in [1.807, 2.05) is 19.1 Å². The van der Waals surface area contributed by atoms with Gasteiger partial charge >= 0.3 is 0 Å². The van der Waals surface area contributed by atoms with Crippen LogP contribution in [-0.4, -0.2) is 36.4 Å². The first kappa shape index (κ1) is 13.0. The van der Waals surface area contributed by atoms with Gasteiger partial charge in [-0.05, 0) is 37.6 Å². The Bertz CT molecular complexity index is 570. The van der Waals surface area contributed by atoms with Gasteiger partial charge in [0, 0.05) is 23.8 Å². The minimum absolute atomic E-state index is 0.453. The second-order valence-corrected chi connectivity index (χ2v) is 5.13. The van der Waals surface area contributed by atoms with E-state index >= 15 is 0 Å². The van der Waals surface area contributed by atoms with E-state index in [1.165, 1.54) is 0 Å².